The van der Waals surface area contributed by atoms with Gasteiger partial charge in [-0.15, -0.1) is 0 Å². The van der Waals surface area contributed by atoms with Crippen molar-refractivity contribution in [2.45, 2.75) is 6.18 Å². The number of anilines is 1. The van der Waals surface area contributed by atoms with Crippen molar-refractivity contribution >= 4 is 51.9 Å². The third-order valence-electron chi connectivity index (χ3n) is 4.64. The highest BCUT2D eigenvalue weighted by Crippen LogP contribution is 2.39. The number of alkyl halides is 3. The number of thiocarbonyl (C=S) groups is 1. The van der Waals surface area contributed by atoms with Crippen LogP contribution in [0.25, 0.3) is 6.08 Å². The topological polar surface area (TPSA) is 69.0 Å². The Morgan fingerprint density at radius 3 is 2.59 bits per heavy atom. The molecule has 11 heteroatoms. The summed E-state index contributed by atoms with van der Waals surface area (Å²) < 4.78 is 54.9. The number of rotatable bonds is 5. The fourth-order valence-corrected chi connectivity index (χ4v) is 4.37. The Kier molecular flexibility index (Phi) is 6.49. The van der Waals surface area contributed by atoms with E-state index in [1.807, 2.05) is 0 Å². The normalized spacial score (nSPS) is 15.2. The molecule has 1 amide bonds. The molecule has 6 nitrogen and oxygen atoms in total. The summed E-state index contributed by atoms with van der Waals surface area (Å²) in [6.45, 7) is 0. The predicted molar refractivity (Wildman–Crippen MR) is 124 cm³/mol. The molecule has 0 unspecified atom stereocenters. The van der Waals surface area contributed by atoms with Crippen LogP contribution in [0, 0.1) is 0 Å². The Bertz CT molecular complexity index is 1300. The minimum atomic E-state index is -4.55. The van der Waals surface area contributed by atoms with Crippen molar-refractivity contribution in [3.05, 3.63) is 82.7 Å². The number of hydrogen-bond acceptors (Lipinski definition) is 7. The second-order valence-corrected chi connectivity index (χ2v) is 8.52. The zero-order valence-corrected chi connectivity index (χ0v) is 18.9. The number of carbonyl (C=O) groups excluding carboxylic acids is 2. The van der Waals surface area contributed by atoms with E-state index in [4.69, 9.17) is 26.1 Å². The molecule has 1 saturated heterocycles. The molecule has 2 aromatic carbocycles. The Morgan fingerprint density at radius 2 is 1.91 bits per heavy atom. The van der Waals surface area contributed by atoms with E-state index in [0.29, 0.717) is 5.56 Å². The number of nitrogens with zero attached hydrogens (tertiary/aromatic N) is 1. The van der Waals surface area contributed by atoms with Crippen LogP contribution in [0.1, 0.15) is 21.7 Å². The van der Waals surface area contributed by atoms with Gasteiger partial charge in [0.15, 0.2) is 15.8 Å². The third kappa shape index (κ3) is 4.85. The molecule has 0 atom stereocenters. The van der Waals surface area contributed by atoms with Crippen LogP contribution >= 0.6 is 24.0 Å². The standard InChI is InChI=1S/C23H14F3NO5S2/c1-30-18-10-13(7-8-16(18)32-21(29)17-6-3-9-31-17)11-19-20(28)27(22(33)34-19)15-5-2-4-14(12-15)23(24,25)26/h2-12H,1H3/b19-11+. The van der Waals surface area contributed by atoms with Crippen LogP contribution in [0.4, 0.5) is 18.9 Å². The molecule has 1 aromatic heterocycles. The molecule has 1 aliphatic heterocycles. The van der Waals surface area contributed by atoms with E-state index in [-0.39, 0.29) is 32.2 Å². The van der Waals surface area contributed by atoms with Gasteiger partial charge < -0.3 is 13.9 Å². The average molecular weight is 505 g/mol. The van der Waals surface area contributed by atoms with E-state index in [2.05, 4.69) is 0 Å². The summed E-state index contributed by atoms with van der Waals surface area (Å²) in [7, 11) is 1.39. The third-order valence-corrected chi connectivity index (χ3v) is 5.94. The second-order valence-electron chi connectivity index (χ2n) is 6.84. The van der Waals surface area contributed by atoms with Gasteiger partial charge in [-0.05, 0) is 54.1 Å². The highest BCUT2D eigenvalue weighted by Gasteiger charge is 2.36. The molecule has 0 saturated carbocycles. The maximum atomic E-state index is 13.1. The number of amides is 1. The number of methoxy groups -OCH3 is 1. The summed E-state index contributed by atoms with van der Waals surface area (Å²) in [4.78, 5) is 26.3. The number of carbonyl (C=O) groups is 2. The molecule has 1 fully saturated rings. The van der Waals surface area contributed by atoms with Crippen molar-refractivity contribution in [3.63, 3.8) is 0 Å². The van der Waals surface area contributed by atoms with Gasteiger partial charge in [0.05, 0.1) is 29.5 Å². The fourth-order valence-electron chi connectivity index (χ4n) is 3.07. The van der Waals surface area contributed by atoms with Gasteiger partial charge >= 0.3 is 12.1 Å². The Morgan fingerprint density at radius 1 is 1.12 bits per heavy atom. The molecule has 2 heterocycles. The smallest absolute Gasteiger partial charge is 0.416 e. The van der Waals surface area contributed by atoms with Crippen LogP contribution < -0.4 is 14.4 Å². The molecule has 34 heavy (non-hydrogen) atoms. The lowest BCUT2D eigenvalue weighted by molar-refractivity contribution is -0.137. The summed E-state index contributed by atoms with van der Waals surface area (Å²) in [5, 5.41) is 0. The Hall–Kier alpha value is -3.57. The monoisotopic (exact) mass is 505 g/mol. The van der Waals surface area contributed by atoms with Gasteiger partial charge in [0.25, 0.3) is 5.91 Å². The molecular formula is C23H14F3NO5S2. The van der Waals surface area contributed by atoms with Gasteiger partial charge in [0.2, 0.25) is 5.76 Å². The largest absolute Gasteiger partial charge is 0.493 e. The highest BCUT2D eigenvalue weighted by atomic mass is 32.2. The molecule has 0 N–H and O–H groups in total. The zero-order valence-electron chi connectivity index (χ0n) is 17.3. The first-order valence-corrected chi connectivity index (χ1v) is 10.8. The van der Waals surface area contributed by atoms with Crippen LogP contribution in [-0.4, -0.2) is 23.3 Å². The number of benzene rings is 2. The van der Waals surface area contributed by atoms with Gasteiger partial charge in [0.1, 0.15) is 0 Å². The number of esters is 1. The summed E-state index contributed by atoms with van der Waals surface area (Å²) in [6, 6.07) is 12.0. The lowest BCUT2D eigenvalue weighted by Gasteiger charge is -2.16. The van der Waals surface area contributed by atoms with E-state index in [9.17, 15) is 22.8 Å². The van der Waals surface area contributed by atoms with E-state index in [1.165, 1.54) is 43.7 Å². The van der Waals surface area contributed by atoms with Crippen molar-refractivity contribution in [1.82, 2.24) is 0 Å². The molecule has 0 spiro atoms. The van der Waals surface area contributed by atoms with Gasteiger partial charge in [-0.25, -0.2) is 4.79 Å². The molecule has 4 rings (SSSR count). The van der Waals surface area contributed by atoms with Gasteiger partial charge in [0, 0.05) is 0 Å². The molecule has 3 aromatic rings. The molecule has 0 aliphatic carbocycles. The van der Waals surface area contributed by atoms with Gasteiger partial charge in [-0.2, -0.15) is 13.2 Å². The summed E-state index contributed by atoms with van der Waals surface area (Å²) >= 11 is 6.20. The molecule has 1 aliphatic rings. The van der Waals surface area contributed by atoms with E-state index >= 15 is 0 Å². The Labute approximate surface area is 200 Å². The number of hydrogen-bond donors (Lipinski definition) is 0. The SMILES string of the molecule is COc1cc(/C=C2/SC(=S)N(c3cccc(C(F)(F)F)c3)C2=O)ccc1OC(=O)c1ccco1. The van der Waals surface area contributed by atoms with E-state index in [1.54, 1.807) is 18.2 Å². The van der Waals surface area contributed by atoms with Crippen LogP contribution in [0.2, 0.25) is 0 Å². The Balaban J connectivity index is 1.58. The van der Waals surface area contributed by atoms with Gasteiger partial charge in [-0.1, -0.05) is 36.1 Å². The fraction of sp³-hybridized carbons (Fsp3) is 0.0870. The average Bonchev–Trinajstić information content (AvgIpc) is 3.43. The van der Waals surface area contributed by atoms with Crippen molar-refractivity contribution in [2.75, 3.05) is 12.0 Å². The van der Waals surface area contributed by atoms with Crippen molar-refractivity contribution < 1.29 is 36.7 Å². The first-order chi connectivity index (χ1) is 16.2. The minimum absolute atomic E-state index is 0.0180. The van der Waals surface area contributed by atoms with Crippen molar-refractivity contribution in [1.29, 1.82) is 0 Å². The van der Waals surface area contributed by atoms with E-state index < -0.39 is 23.6 Å². The van der Waals surface area contributed by atoms with Crippen LogP contribution in [0.3, 0.4) is 0 Å². The second kappa shape index (κ2) is 9.35. The van der Waals surface area contributed by atoms with Crippen molar-refractivity contribution in [3.8, 4) is 11.5 Å². The zero-order chi connectivity index (χ0) is 24.5. The molecule has 0 radical (unpaired) electrons. The lowest BCUT2D eigenvalue weighted by atomic mass is 10.1. The van der Waals surface area contributed by atoms with Crippen LogP contribution in [0.5, 0.6) is 11.5 Å². The van der Waals surface area contributed by atoms with Crippen LogP contribution in [-0.2, 0) is 11.0 Å². The first kappa shape index (κ1) is 23.6. The minimum Gasteiger partial charge on any atom is -0.493 e. The maximum absolute atomic E-state index is 13.1. The number of ether oxygens (including phenoxy) is 2. The lowest BCUT2D eigenvalue weighted by Crippen LogP contribution is -2.27. The highest BCUT2D eigenvalue weighted by molar-refractivity contribution is 8.27. The molecule has 0 bridgehead atoms. The summed E-state index contributed by atoms with van der Waals surface area (Å²) in [5.74, 6) is -0.886. The molecule has 174 valence electrons. The first-order valence-electron chi connectivity index (χ1n) is 9.56. The molecular weight excluding hydrogens is 491 g/mol. The summed E-state index contributed by atoms with van der Waals surface area (Å²) in [5.41, 5.74) is -0.329. The van der Waals surface area contributed by atoms with Gasteiger partial charge in [-0.3, -0.25) is 9.69 Å². The number of thioether (sulfide) groups is 1. The summed E-state index contributed by atoms with van der Waals surface area (Å²) in [6.07, 6.45) is -1.69. The quantitative estimate of drug-likeness (QED) is 0.184. The maximum Gasteiger partial charge on any atom is 0.416 e. The van der Waals surface area contributed by atoms with E-state index in [0.717, 1.165) is 28.8 Å². The number of furan rings is 1. The van der Waals surface area contributed by atoms with Crippen LogP contribution in [0.15, 0.2) is 70.2 Å². The van der Waals surface area contributed by atoms with Crippen molar-refractivity contribution in [2.24, 2.45) is 0 Å². The number of halogens is 3. The predicted octanol–water partition coefficient (Wildman–Crippen LogP) is 5.93.